The van der Waals surface area contributed by atoms with Crippen molar-refractivity contribution in [3.63, 3.8) is 0 Å². The van der Waals surface area contributed by atoms with Gasteiger partial charge in [-0.25, -0.2) is 4.98 Å². The molecule has 14 heavy (non-hydrogen) atoms. The van der Waals surface area contributed by atoms with Crippen LogP contribution in [0.2, 0.25) is 0 Å². The van der Waals surface area contributed by atoms with Crippen LogP contribution >= 0.6 is 0 Å². The summed E-state index contributed by atoms with van der Waals surface area (Å²) in [5.74, 6) is 0.309. The number of ether oxygens (including phenoxy) is 1. The van der Waals surface area contributed by atoms with Crippen molar-refractivity contribution in [1.29, 1.82) is 0 Å². The van der Waals surface area contributed by atoms with Gasteiger partial charge in [0.15, 0.2) is 5.69 Å². The third-order valence-electron chi connectivity index (χ3n) is 1.92. The SMILES string of the molecule is O=CCn1cnc2c(c1=O)NCCO2. The lowest BCUT2D eigenvalue weighted by atomic mass is 10.4. The number of aromatic nitrogens is 2. The molecule has 2 rings (SSSR count). The molecule has 2 heterocycles. The molecule has 0 aromatic carbocycles. The average molecular weight is 195 g/mol. The highest BCUT2D eigenvalue weighted by Crippen LogP contribution is 2.18. The molecule has 1 aliphatic heterocycles. The number of rotatable bonds is 2. The predicted octanol–water partition coefficient (Wildman–Crippen LogP) is -0.754. The molecule has 0 fully saturated rings. The van der Waals surface area contributed by atoms with Crippen LogP contribution in [0, 0.1) is 0 Å². The van der Waals surface area contributed by atoms with Crippen LogP contribution in [-0.4, -0.2) is 29.0 Å². The summed E-state index contributed by atoms with van der Waals surface area (Å²) >= 11 is 0. The number of nitrogens with zero attached hydrogens (tertiary/aromatic N) is 2. The Morgan fingerprint density at radius 3 is 3.36 bits per heavy atom. The Hall–Kier alpha value is -1.85. The van der Waals surface area contributed by atoms with E-state index in [2.05, 4.69) is 10.3 Å². The maximum Gasteiger partial charge on any atom is 0.281 e. The second-order valence-electron chi connectivity index (χ2n) is 2.82. The smallest absolute Gasteiger partial charge is 0.281 e. The Labute approximate surface area is 79.5 Å². The van der Waals surface area contributed by atoms with E-state index in [-0.39, 0.29) is 12.1 Å². The zero-order valence-corrected chi connectivity index (χ0v) is 7.40. The molecule has 6 heteroatoms. The van der Waals surface area contributed by atoms with Gasteiger partial charge in [0.05, 0.1) is 6.54 Å². The van der Waals surface area contributed by atoms with E-state index in [1.165, 1.54) is 10.9 Å². The van der Waals surface area contributed by atoms with E-state index in [1.54, 1.807) is 0 Å². The summed E-state index contributed by atoms with van der Waals surface area (Å²) < 4.78 is 6.39. The maximum absolute atomic E-state index is 11.6. The van der Waals surface area contributed by atoms with Crippen LogP contribution < -0.4 is 15.6 Å². The minimum absolute atomic E-state index is 0.0147. The number of fused-ring (bicyclic) bond motifs is 1. The molecule has 74 valence electrons. The van der Waals surface area contributed by atoms with E-state index in [0.29, 0.717) is 31.0 Å². The third-order valence-corrected chi connectivity index (χ3v) is 1.92. The fraction of sp³-hybridized carbons (Fsp3) is 0.375. The number of carbonyl (C=O) groups excluding carboxylic acids is 1. The van der Waals surface area contributed by atoms with Crippen molar-refractivity contribution >= 4 is 12.0 Å². The lowest BCUT2D eigenvalue weighted by Gasteiger charge is -2.17. The number of carbonyl (C=O) groups is 1. The fourth-order valence-corrected chi connectivity index (χ4v) is 1.27. The van der Waals surface area contributed by atoms with Crippen LogP contribution in [0.1, 0.15) is 0 Å². The topological polar surface area (TPSA) is 73.2 Å². The summed E-state index contributed by atoms with van der Waals surface area (Å²) in [4.78, 5) is 25.8. The molecule has 0 aliphatic carbocycles. The van der Waals surface area contributed by atoms with Crippen molar-refractivity contribution in [2.45, 2.75) is 6.54 Å². The largest absolute Gasteiger partial charge is 0.474 e. The number of aldehydes is 1. The fourth-order valence-electron chi connectivity index (χ4n) is 1.27. The van der Waals surface area contributed by atoms with E-state index in [9.17, 15) is 9.59 Å². The van der Waals surface area contributed by atoms with Crippen molar-refractivity contribution in [3.05, 3.63) is 16.7 Å². The van der Waals surface area contributed by atoms with Gasteiger partial charge in [0.1, 0.15) is 19.2 Å². The van der Waals surface area contributed by atoms with E-state index in [1.807, 2.05) is 0 Å². The summed E-state index contributed by atoms with van der Waals surface area (Å²) in [6.07, 6.45) is 1.96. The molecule has 0 bridgehead atoms. The Morgan fingerprint density at radius 1 is 1.71 bits per heavy atom. The third kappa shape index (κ3) is 1.34. The molecule has 0 spiro atoms. The zero-order valence-electron chi connectivity index (χ0n) is 7.40. The van der Waals surface area contributed by atoms with Gasteiger partial charge in [-0.1, -0.05) is 0 Å². The van der Waals surface area contributed by atoms with Crippen LogP contribution in [0.4, 0.5) is 5.69 Å². The summed E-state index contributed by atoms with van der Waals surface area (Å²) in [5, 5.41) is 2.89. The van der Waals surface area contributed by atoms with Gasteiger partial charge < -0.3 is 14.8 Å². The van der Waals surface area contributed by atoms with Gasteiger partial charge in [-0.05, 0) is 0 Å². The van der Waals surface area contributed by atoms with Gasteiger partial charge in [-0.3, -0.25) is 9.36 Å². The molecule has 0 atom stereocenters. The van der Waals surface area contributed by atoms with E-state index < -0.39 is 0 Å². The van der Waals surface area contributed by atoms with Crippen LogP contribution in [0.5, 0.6) is 5.88 Å². The number of nitrogens with one attached hydrogen (secondary N) is 1. The van der Waals surface area contributed by atoms with Crippen LogP contribution in [-0.2, 0) is 11.3 Å². The first-order valence-corrected chi connectivity index (χ1v) is 4.22. The molecule has 1 N–H and O–H groups in total. The quantitative estimate of drug-likeness (QED) is 0.628. The van der Waals surface area contributed by atoms with Gasteiger partial charge in [0, 0.05) is 6.54 Å². The number of hydrogen-bond donors (Lipinski definition) is 1. The molecular formula is C8H9N3O3. The summed E-state index contributed by atoms with van der Waals surface area (Å²) in [6, 6.07) is 0. The second-order valence-corrected chi connectivity index (χ2v) is 2.82. The van der Waals surface area contributed by atoms with Gasteiger partial charge in [0.25, 0.3) is 5.56 Å². The van der Waals surface area contributed by atoms with Crippen molar-refractivity contribution < 1.29 is 9.53 Å². The van der Waals surface area contributed by atoms with E-state index in [4.69, 9.17) is 4.74 Å². The average Bonchev–Trinajstić information content (AvgIpc) is 2.23. The highest BCUT2D eigenvalue weighted by molar-refractivity contribution is 5.54. The molecule has 1 aliphatic rings. The first kappa shape index (κ1) is 8.74. The van der Waals surface area contributed by atoms with Gasteiger partial charge in [-0.2, -0.15) is 0 Å². The molecule has 0 saturated carbocycles. The van der Waals surface area contributed by atoms with Gasteiger partial charge >= 0.3 is 0 Å². The van der Waals surface area contributed by atoms with E-state index >= 15 is 0 Å². The maximum atomic E-state index is 11.6. The Balaban J connectivity index is 2.48. The molecule has 0 radical (unpaired) electrons. The lowest BCUT2D eigenvalue weighted by Crippen LogP contribution is -2.30. The van der Waals surface area contributed by atoms with Crippen LogP contribution in [0.3, 0.4) is 0 Å². The van der Waals surface area contributed by atoms with Crippen molar-refractivity contribution in [3.8, 4) is 5.88 Å². The Morgan fingerprint density at radius 2 is 2.57 bits per heavy atom. The monoisotopic (exact) mass is 195 g/mol. The standard InChI is InChI=1S/C8H9N3O3/c12-3-2-11-5-10-7-6(8(11)13)9-1-4-14-7/h3,5,9H,1-2,4H2. The Bertz CT molecular complexity index is 413. The zero-order chi connectivity index (χ0) is 9.97. The first-order chi connectivity index (χ1) is 6.83. The molecule has 1 aromatic rings. The summed E-state index contributed by atoms with van der Waals surface area (Å²) in [5.41, 5.74) is 0.0578. The van der Waals surface area contributed by atoms with Gasteiger partial charge in [-0.15, -0.1) is 0 Å². The highest BCUT2D eigenvalue weighted by Gasteiger charge is 2.15. The summed E-state index contributed by atoms with van der Waals surface area (Å²) in [6.45, 7) is 1.09. The summed E-state index contributed by atoms with van der Waals surface area (Å²) in [7, 11) is 0. The van der Waals surface area contributed by atoms with Crippen molar-refractivity contribution in [2.75, 3.05) is 18.5 Å². The number of anilines is 1. The molecular weight excluding hydrogens is 186 g/mol. The molecule has 6 nitrogen and oxygen atoms in total. The van der Waals surface area contributed by atoms with Crippen molar-refractivity contribution in [2.24, 2.45) is 0 Å². The minimum atomic E-state index is -0.276. The highest BCUT2D eigenvalue weighted by atomic mass is 16.5. The van der Waals surface area contributed by atoms with Crippen molar-refractivity contribution in [1.82, 2.24) is 9.55 Å². The normalized spacial score (nSPS) is 13.7. The van der Waals surface area contributed by atoms with E-state index in [0.717, 1.165) is 0 Å². The molecule has 0 unspecified atom stereocenters. The van der Waals surface area contributed by atoms with Crippen LogP contribution in [0.25, 0.3) is 0 Å². The van der Waals surface area contributed by atoms with Crippen LogP contribution in [0.15, 0.2) is 11.1 Å². The first-order valence-electron chi connectivity index (χ1n) is 4.22. The van der Waals surface area contributed by atoms with Gasteiger partial charge in [0.2, 0.25) is 5.88 Å². The Kier molecular flexibility index (Phi) is 2.18. The minimum Gasteiger partial charge on any atom is -0.474 e. The molecule has 1 aromatic heterocycles. The second kappa shape index (κ2) is 3.49. The molecule has 0 amide bonds. The lowest BCUT2D eigenvalue weighted by molar-refractivity contribution is -0.108. The molecule has 0 saturated heterocycles. The number of hydrogen-bond acceptors (Lipinski definition) is 5. The predicted molar refractivity (Wildman–Crippen MR) is 48.5 cm³/mol.